The Morgan fingerprint density at radius 3 is 1.79 bits per heavy atom. The van der Waals surface area contributed by atoms with Crippen molar-refractivity contribution in [2.75, 3.05) is 6.54 Å². The molecule has 4 aromatic rings. The van der Waals surface area contributed by atoms with Crippen LogP contribution < -0.4 is 5.32 Å². The van der Waals surface area contributed by atoms with Crippen LogP contribution in [0.15, 0.2) is 78.9 Å². The van der Waals surface area contributed by atoms with Gasteiger partial charge in [-0.05, 0) is 134 Å². The first-order chi connectivity index (χ1) is 22.3. The summed E-state index contributed by atoms with van der Waals surface area (Å²) in [5.74, 6) is 1.18. The van der Waals surface area contributed by atoms with Crippen molar-refractivity contribution in [3.8, 4) is 34.1 Å². The quantitative estimate of drug-likeness (QED) is 0.0935. The molecule has 47 heavy (non-hydrogen) atoms. The number of benzene rings is 4. The van der Waals surface area contributed by atoms with E-state index in [0.717, 1.165) is 58.2 Å². The lowest BCUT2D eigenvalue weighted by Gasteiger charge is -2.31. The standard InChI is InChI=1S/C22H27NO4.C18H22O2/c1-16(24)4-3-15-23-21(27)13-14-22(2,17-5-9-19(25)10-6-17)18-7-11-20(26)12-8-18;1-4-5-6-15-11-14(7-8-17(15)19)16-9-12(2)18(20)13(3)10-16/h5-12,25-26H,3-4,13-15H2,1-2H3,(H,23,27);7-11,19-20H,4-6H2,1-3H3. The molecule has 0 heterocycles. The van der Waals surface area contributed by atoms with Gasteiger partial charge in [0.2, 0.25) is 5.91 Å². The zero-order valence-corrected chi connectivity index (χ0v) is 28.3. The van der Waals surface area contributed by atoms with Crippen LogP contribution in [0.2, 0.25) is 0 Å². The monoisotopic (exact) mass is 639 g/mol. The number of aryl methyl sites for hydroxylation is 3. The highest BCUT2D eigenvalue weighted by molar-refractivity contribution is 5.77. The van der Waals surface area contributed by atoms with E-state index < -0.39 is 5.41 Å². The van der Waals surface area contributed by atoms with Crippen molar-refractivity contribution in [2.24, 2.45) is 0 Å². The molecule has 0 fully saturated rings. The largest absolute Gasteiger partial charge is 0.508 e. The second-order valence-corrected chi connectivity index (χ2v) is 12.5. The zero-order chi connectivity index (χ0) is 34.6. The number of carbonyl (C=O) groups excluding carboxylic acids is 2. The maximum absolute atomic E-state index is 12.2. The maximum atomic E-state index is 12.2. The average Bonchev–Trinajstić information content (AvgIpc) is 3.04. The summed E-state index contributed by atoms with van der Waals surface area (Å²) in [6.45, 7) is 10.0. The SMILES string of the molecule is CC(=O)CCCNC(=O)CCC(C)(c1ccc(O)cc1)c1ccc(O)cc1.CCCCc1cc(-c2cc(C)c(O)c(C)c2)ccc1O. The van der Waals surface area contributed by atoms with Gasteiger partial charge < -0.3 is 30.5 Å². The van der Waals surface area contributed by atoms with Crippen LogP contribution in [0.4, 0.5) is 0 Å². The minimum Gasteiger partial charge on any atom is -0.508 e. The van der Waals surface area contributed by atoms with Crippen LogP contribution >= 0.6 is 0 Å². The number of hydrogen-bond acceptors (Lipinski definition) is 6. The van der Waals surface area contributed by atoms with Crippen molar-refractivity contribution in [1.29, 1.82) is 0 Å². The van der Waals surface area contributed by atoms with Crippen LogP contribution in [0.5, 0.6) is 23.0 Å². The fourth-order valence-electron chi connectivity index (χ4n) is 5.59. The second kappa shape index (κ2) is 17.2. The summed E-state index contributed by atoms with van der Waals surface area (Å²) in [7, 11) is 0. The minimum atomic E-state index is -0.446. The second-order valence-electron chi connectivity index (χ2n) is 12.5. The summed E-state index contributed by atoms with van der Waals surface area (Å²) in [5, 5.41) is 41.8. The van der Waals surface area contributed by atoms with Gasteiger partial charge in [0.1, 0.15) is 28.8 Å². The van der Waals surface area contributed by atoms with E-state index in [1.807, 2.05) is 56.3 Å². The Morgan fingerprint density at radius 2 is 1.28 bits per heavy atom. The molecule has 0 atom stereocenters. The highest BCUT2D eigenvalue weighted by Gasteiger charge is 2.29. The Kier molecular flexibility index (Phi) is 13.4. The number of Topliss-reactive ketones (excluding diaryl/α,β-unsaturated/α-hetero) is 1. The smallest absolute Gasteiger partial charge is 0.220 e. The molecule has 0 aliphatic rings. The predicted octanol–water partition coefficient (Wildman–Crippen LogP) is 8.39. The third kappa shape index (κ3) is 10.6. The summed E-state index contributed by atoms with van der Waals surface area (Å²) >= 11 is 0. The lowest BCUT2D eigenvalue weighted by Crippen LogP contribution is -2.29. The van der Waals surface area contributed by atoms with E-state index >= 15 is 0 Å². The number of nitrogens with one attached hydrogen (secondary N) is 1. The molecule has 5 N–H and O–H groups in total. The van der Waals surface area contributed by atoms with Gasteiger partial charge >= 0.3 is 0 Å². The average molecular weight is 640 g/mol. The Morgan fingerprint density at radius 1 is 0.723 bits per heavy atom. The molecule has 0 aliphatic heterocycles. The normalized spacial score (nSPS) is 11.0. The van der Waals surface area contributed by atoms with Crippen molar-refractivity contribution >= 4 is 11.7 Å². The highest BCUT2D eigenvalue weighted by Crippen LogP contribution is 2.38. The first-order valence-corrected chi connectivity index (χ1v) is 16.3. The molecule has 7 nitrogen and oxygen atoms in total. The number of rotatable bonds is 13. The molecular formula is C40H49NO6. The molecule has 0 aliphatic carbocycles. The molecule has 0 aromatic heterocycles. The van der Waals surface area contributed by atoms with E-state index in [-0.39, 0.29) is 23.2 Å². The van der Waals surface area contributed by atoms with E-state index in [0.29, 0.717) is 43.7 Å². The molecule has 0 bridgehead atoms. The van der Waals surface area contributed by atoms with Gasteiger partial charge in [-0.2, -0.15) is 0 Å². The third-order valence-electron chi connectivity index (χ3n) is 8.59. The molecule has 0 unspecified atom stereocenters. The van der Waals surface area contributed by atoms with Crippen molar-refractivity contribution in [2.45, 2.75) is 85.0 Å². The predicted molar refractivity (Wildman–Crippen MR) is 188 cm³/mol. The minimum absolute atomic E-state index is 0.0534. The number of unbranched alkanes of at least 4 members (excludes halogenated alkanes) is 1. The molecule has 0 saturated heterocycles. The Hall–Kier alpha value is -4.78. The van der Waals surface area contributed by atoms with E-state index in [9.17, 15) is 30.0 Å². The summed E-state index contributed by atoms with van der Waals surface area (Å²) in [4.78, 5) is 23.2. The molecule has 0 saturated carbocycles. The van der Waals surface area contributed by atoms with Gasteiger partial charge in [0.05, 0.1) is 0 Å². The number of phenolic OH excluding ortho intramolecular Hbond substituents is 4. The van der Waals surface area contributed by atoms with E-state index in [2.05, 4.69) is 25.2 Å². The molecule has 0 radical (unpaired) electrons. The van der Waals surface area contributed by atoms with Crippen molar-refractivity contribution in [3.05, 3.63) is 107 Å². The van der Waals surface area contributed by atoms with Crippen molar-refractivity contribution in [1.82, 2.24) is 5.32 Å². The summed E-state index contributed by atoms with van der Waals surface area (Å²) < 4.78 is 0. The molecule has 250 valence electrons. The van der Waals surface area contributed by atoms with Gasteiger partial charge in [0.15, 0.2) is 0 Å². The van der Waals surface area contributed by atoms with Crippen molar-refractivity contribution in [3.63, 3.8) is 0 Å². The van der Waals surface area contributed by atoms with Crippen LogP contribution in [-0.4, -0.2) is 38.7 Å². The van der Waals surface area contributed by atoms with Gasteiger partial charge in [-0.25, -0.2) is 0 Å². The lowest BCUT2D eigenvalue weighted by atomic mass is 9.73. The number of phenols is 4. The number of aromatic hydroxyl groups is 4. The molecular weight excluding hydrogens is 590 g/mol. The molecule has 0 spiro atoms. The molecule has 7 heteroatoms. The van der Waals surface area contributed by atoms with Gasteiger partial charge in [-0.1, -0.05) is 50.6 Å². The number of hydrogen-bond donors (Lipinski definition) is 5. The lowest BCUT2D eigenvalue weighted by molar-refractivity contribution is -0.122. The third-order valence-corrected chi connectivity index (χ3v) is 8.59. The summed E-state index contributed by atoms with van der Waals surface area (Å²) in [6.07, 6.45) is 5.10. The molecule has 4 rings (SSSR count). The van der Waals surface area contributed by atoms with E-state index in [1.165, 1.54) is 0 Å². The summed E-state index contributed by atoms with van der Waals surface area (Å²) in [6, 6.07) is 23.7. The van der Waals surface area contributed by atoms with Crippen LogP contribution in [0, 0.1) is 13.8 Å². The van der Waals surface area contributed by atoms with Crippen LogP contribution in [0.3, 0.4) is 0 Å². The van der Waals surface area contributed by atoms with Crippen LogP contribution in [-0.2, 0) is 21.4 Å². The zero-order valence-electron chi connectivity index (χ0n) is 28.3. The Bertz CT molecular complexity index is 1560. The van der Waals surface area contributed by atoms with Crippen LogP contribution in [0.25, 0.3) is 11.1 Å². The fourth-order valence-corrected chi connectivity index (χ4v) is 5.59. The first-order valence-electron chi connectivity index (χ1n) is 16.3. The highest BCUT2D eigenvalue weighted by atomic mass is 16.3. The maximum Gasteiger partial charge on any atom is 0.220 e. The van der Waals surface area contributed by atoms with E-state index in [4.69, 9.17) is 0 Å². The number of carbonyl (C=O) groups is 2. The van der Waals surface area contributed by atoms with Gasteiger partial charge in [-0.3, -0.25) is 4.79 Å². The van der Waals surface area contributed by atoms with Gasteiger partial charge in [0.25, 0.3) is 0 Å². The number of amides is 1. The topological polar surface area (TPSA) is 127 Å². The van der Waals surface area contributed by atoms with E-state index in [1.54, 1.807) is 37.3 Å². The molecule has 4 aromatic carbocycles. The number of ketones is 1. The summed E-state index contributed by atoms with van der Waals surface area (Å²) in [5.41, 5.74) is 6.43. The van der Waals surface area contributed by atoms with Crippen molar-refractivity contribution < 1.29 is 30.0 Å². The molecule has 1 amide bonds. The Balaban J connectivity index is 0.000000267. The first kappa shape index (κ1) is 36.7. The fraction of sp³-hybridized carbons (Fsp3) is 0.350. The Labute approximate surface area is 278 Å². The van der Waals surface area contributed by atoms with Gasteiger partial charge in [-0.15, -0.1) is 0 Å². The van der Waals surface area contributed by atoms with Gasteiger partial charge in [0, 0.05) is 24.8 Å². The van der Waals surface area contributed by atoms with Crippen LogP contribution in [0.1, 0.15) is 87.1 Å².